The lowest BCUT2D eigenvalue weighted by Gasteiger charge is -2.28. The first-order valence-electron chi connectivity index (χ1n) is 6.68. The molecule has 2 rings (SSSR count). The minimum absolute atomic E-state index is 0. The molecule has 0 N–H and O–H groups in total. The summed E-state index contributed by atoms with van der Waals surface area (Å²) in [5.74, 6) is 0. The predicted octanol–water partition coefficient (Wildman–Crippen LogP) is 4.22. The van der Waals surface area contributed by atoms with Crippen LogP contribution in [0.1, 0.15) is 50.3 Å². The van der Waals surface area contributed by atoms with Crippen LogP contribution in [-0.2, 0) is 6.42 Å². The van der Waals surface area contributed by atoms with Crippen LogP contribution >= 0.6 is 12.4 Å². The maximum absolute atomic E-state index is 2.67. The maximum atomic E-state index is 2.67. The molecule has 96 valence electrons. The predicted molar refractivity (Wildman–Crippen MR) is 76.9 cm³/mol. The van der Waals surface area contributed by atoms with Crippen molar-refractivity contribution in [2.45, 2.75) is 45.6 Å². The molecule has 2 heteroatoms. The van der Waals surface area contributed by atoms with Crippen molar-refractivity contribution in [1.82, 2.24) is 4.90 Å². The van der Waals surface area contributed by atoms with Crippen LogP contribution < -0.4 is 0 Å². The molecule has 1 aliphatic carbocycles. The Kier molecular flexibility index (Phi) is 6.01. The van der Waals surface area contributed by atoms with Crippen LogP contribution in [0, 0.1) is 0 Å². The molecule has 17 heavy (non-hydrogen) atoms. The second-order valence-corrected chi connectivity index (χ2v) is 4.79. The number of rotatable bonds is 5. The van der Waals surface area contributed by atoms with Gasteiger partial charge in [-0.25, -0.2) is 0 Å². The van der Waals surface area contributed by atoms with Crippen molar-refractivity contribution in [1.29, 1.82) is 0 Å². The molecule has 0 saturated heterocycles. The highest BCUT2D eigenvalue weighted by molar-refractivity contribution is 5.85. The van der Waals surface area contributed by atoms with Crippen molar-refractivity contribution in [2.75, 3.05) is 13.1 Å². The fourth-order valence-electron chi connectivity index (χ4n) is 2.91. The second kappa shape index (κ2) is 7.03. The van der Waals surface area contributed by atoms with Gasteiger partial charge in [0.15, 0.2) is 0 Å². The smallest absolute Gasteiger partial charge is 0.0354 e. The minimum Gasteiger partial charge on any atom is -0.296 e. The number of halogens is 1. The molecule has 1 aromatic carbocycles. The summed E-state index contributed by atoms with van der Waals surface area (Å²) in [5.41, 5.74) is 3.16. The van der Waals surface area contributed by atoms with E-state index in [1.54, 1.807) is 11.1 Å². The van der Waals surface area contributed by atoms with E-state index in [-0.39, 0.29) is 12.4 Å². The van der Waals surface area contributed by atoms with E-state index in [2.05, 4.69) is 43.0 Å². The summed E-state index contributed by atoms with van der Waals surface area (Å²) in [6.45, 7) is 7.05. The van der Waals surface area contributed by atoms with E-state index in [1.807, 2.05) is 0 Å². The van der Waals surface area contributed by atoms with Crippen molar-refractivity contribution in [3.05, 3.63) is 35.4 Å². The van der Waals surface area contributed by atoms with Gasteiger partial charge in [0, 0.05) is 6.04 Å². The minimum atomic E-state index is 0. The summed E-state index contributed by atoms with van der Waals surface area (Å²) < 4.78 is 0. The van der Waals surface area contributed by atoms with Crippen LogP contribution in [0.5, 0.6) is 0 Å². The molecular weight excluding hydrogens is 230 g/mol. The molecule has 0 amide bonds. The second-order valence-electron chi connectivity index (χ2n) is 4.79. The SMILES string of the molecule is CCCN(CCC)[C@@H]1CCc2ccccc21.Cl. The van der Waals surface area contributed by atoms with Gasteiger partial charge in [0.2, 0.25) is 0 Å². The molecule has 0 unspecified atom stereocenters. The average Bonchev–Trinajstić information content (AvgIpc) is 2.72. The molecule has 1 aromatic rings. The quantitative estimate of drug-likeness (QED) is 0.760. The molecule has 1 nitrogen and oxygen atoms in total. The van der Waals surface area contributed by atoms with Crippen LogP contribution in [0.4, 0.5) is 0 Å². The molecule has 0 aliphatic heterocycles. The lowest BCUT2D eigenvalue weighted by Crippen LogP contribution is -2.29. The average molecular weight is 254 g/mol. The van der Waals surface area contributed by atoms with Crippen molar-refractivity contribution in [3.63, 3.8) is 0 Å². The fourth-order valence-corrected chi connectivity index (χ4v) is 2.91. The molecule has 1 atom stereocenters. The van der Waals surface area contributed by atoms with E-state index in [9.17, 15) is 0 Å². The lowest BCUT2D eigenvalue weighted by molar-refractivity contribution is 0.197. The van der Waals surface area contributed by atoms with E-state index in [1.165, 1.54) is 38.8 Å². The highest BCUT2D eigenvalue weighted by Gasteiger charge is 2.26. The first kappa shape index (κ1) is 14.5. The normalized spacial score (nSPS) is 17.9. The van der Waals surface area contributed by atoms with Gasteiger partial charge in [-0.05, 0) is 49.9 Å². The van der Waals surface area contributed by atoms with Gasteiger partial charge in [0.25, 0.3) is 0 Å². The number of fused-ring (bicyclic) bond motifs is 1. The molecule has 0 aromatic heterocycles. The van der Waals surface area contributed by atoms with Crippen molar-refractivity contribution >= 4 is 12.4 Å². The third kappa shape index (κ3) is 3.23. The zero-order valence-corrected chi connectivity index (χ0v) is 11.8. The highest BCUT2D eigenvalue weighted by Crippen LogP contribution is 2.35. The Bertz CT molecular complexity index is 331. The Morgan fingerprint density at radius 3 is 2.41 bits per heavy atom. The Morgan fingerprint density at radius 1 is 1.12 bits per heavy atom. The molecule has 0 radical (unpaired) electrons. The van der Waals surface area contributed by atoms with Crippen molar-refractivity contribution in [3.8, 4) is 0 Å². The third-order valence-electron chi connectivity index (χ3n) is 3.56. The summed E-state index contributed by atoms with van der Waals surface area (Å²) in [6.07, 6.45) is 5.11. The van der Waals surface area contributed by atoms with Crippen LogP contribution in [0.3, 0.4) is 0 Å². The van der Waals surface area contributed by atoms with E-state index >= 15 is 0 Å². The van der Waals surface area contributed by atoms with E-state index in [0.717, 1.165) is 0 Å². The topological polar surface area (TPSA) is 3.24 Å². The molecule has 1 aliphatic rings. The van der Waals surface area contributed by atoms with E-state index in [4.69, 9.17) is 0 Å². The van der Waals surface area contributed by atoms with Crippen LogP contribution in [-0.4, -0.2) is 18.0 Å². The summed E-state index contributed by atoms with van der Waals surface area (Å²) in [5, 5.41) is 0. The monoisotopic (exact) mass is 253 g/mol. The van der Waals surface area contributed by atoms with Crippen molar-refractivity contribution in [2.24, 2.45) is 0 Å². The van der Waals surface area contributed by atoms with Gasteiger partial charge < -0.3 is 0 Å². The third-order valence-corrected chi connectivity index (χ3v) is 3.56. The summed E-state index contributed by atoms with van der Waals surface area (Å²) >= 11 is 0. The number of hydrogen-bond acceptors (Lipinski definition) is 1. The standard InChI is InChI=1S/C15H23N.ClH/c1-3-11-16(12-4-2)15-10-9-13-7-5-6-8-14(13)15;/h5-8,15H,3-4,9-12H2,1-2H3;1H/t15-;/m1./s1. The molecule has 0 spiro atoms. The Morgan fingerprint density at radius 2 is 1.76 bits per heavy atom. The van der Waals surface area contributed by atoms with Crippen LogP contribution in [0.15, 0.2) is 24.3 Å². The zero-order valence-electron chi connectivity index (χ0n) is 11.0. The van der Waals surface area contributed by atoms with Crippen LogP contribution in [0.2, 0.25) is 0 Å². The molecular formula is C15H24ClN. The number of benzene rings is 1. The lowest BCUT2D eigenvalue weighted by atomic mass is 10.1. The van der Waals surface area contributed by atoms with E-state index in [0.29, 0.717) is 6.04 Å². The molecule has 0 bridgehead atoms. The largest absolute Gasteiger partial charge is 0.296 e. The van der Waals surface area contributed by atoms with E-state index < -0.39 is 0 Å². The summed E-state index contributed by atoms with van der Waals surface area (Å²) in [7, 11) is 0. The fraction of sp³-hybridized carbons (Fsp3) is 0.600. The maximum Gasteiger partial charge on any atom is 0.0354 e. The van der Waals surface area contributed by atoms with Gasteiger partial charge >= 0.3 is 0 Å². The number of hydrogen-bond donors (Lipinski definition) is 0. The first-order chi connectivity index (χ1) is 7.86. The van der Waals surface area contributed by atoms with Gasteiger partial charge in [-0.1, -0.05) is 38.1 Å². The van der Waals surface area contributed by atoms with Crippen molar-refractivity contribution < 1.29 is 0 Å². The van der Waals surface area contributed by atoms with Gasteiger partial charge in [0.1, 0.15) is 0 Å². The summed E-state index contributed by atoms with van der Waals surface area (Å²) in [4.78, 5) is 2.67. The Balaban J connectivity index is 0.00000144. The Labute approximate surface area is 112 Å². The zero-order chi connectivity index (χ0) is 11.4. The molecule has 0 fully saturated rings. The van der Waals surface area contributed by atoms with Gasteiger partial charge in [0.05, 0.1) is 0 Å². The summed E-state index contributed by atoms with van der Waals surface area (Å²) in [6, 6.07) is 9.67. The number of aryl methyl sites for hydroxylation is 1. The number of nitrogens with zero attached hydrogens (tertiary/aromatic N) is 1. The Hall–Kier alpha value is -0.530. The molecule has 0 saturated carbocycles. The highest BCUT2D eigenvalue weighted by atomic mass is 35.5. The van der Waals surface area contributed by atoms with Gasteiger partial charge in [-0.3, -0.25) is 4.90 Å². The van der Waals surface area contributed by atoms with Gasteiger partial charge in [-0.2, -0.15) is 0 Å². The van der Waals surface area contributed by atoms with Gasteiger partial charge in [-0.15, -0.1) is 12.4 Å². The molecule has 0 heterocycles. The first-order valence-corrected chi connectivity index (χ1v) is 6.68. The van der Waals surface area contributed by atoms with Crippen LogP contribution in [0.25, 0.3) is 0 Å².